The van der Waals surface area contributed by atoms with Crippen LogP contribution in [-0.4, -0.2) is 28.1 Å². The second kappa shape index (κ2) is 9.15. The van der Waals surface area contributed by atoms with E-state index in [0.29, 0.717) is 11.4 Å². The molecule has 3 aromatic rings. The van der Waals surface area contributed by atoms with Gasteiger partial charge in [-0.1, -0.05) is 48.4 Å². The normalized spacial score (nSPS) is 10.0. The average Bonchev–Trinajstić information content (AvgIpc) is 2.74. The first-order valence-electron chi connectivity index (χ1n) is 8.82. The van der Waals surface area contributed by atoms with Crippen LogP contribution < -0.4 is 16.2 Å². The molecule has 0 radical (unpaired) electrons. The lowest BCUT2D eigenvalue weighted by molar-refractivity contribution is -0.117. The van der Waals surface area contributed by atoms with Gasteiger partial charge >= 0.3 is 0 Å². The van der Waals surface area contributed by atoms with Gasteiger partial charge in [0.05, 0.1) is 23.5 Å². The van der Waals surface area contributed by atoms with Crippen molar-refractivity contribution in [2.45, 2.75) is 6.54 Å². The number of rotatable bonds is 6. The molecule has 0 saturated heterocycles. The first kappa shape index (κ1) is 19.6. The van der Waals surface area contributed by atoms with E-state index in [1.165, 1.54) is 6.07 Å². The van der Waals surface area contributed by atoms with E-state index in [4.69, 9.17) is 6.42 Å². The van der Waals surface area contributed by atoms with Crippen LogP contribution in [0.3, 0.4) is 0 Å². The summed E-state index contributed by atoms with van der Waals surface area (Å²) in [6.07, 6.45) is 5.15. The van der Waals surface area contributed by atoms with Gasteiger partial charge < -0.3 is 10.6 Å². The number of amides is 2. The lowest BCUT2D eigenvalue weighted by atomic mass is 10.1. The van der Waals surface area contributed by atoms with Gasteiger partial charge in [0, 0.05) is 11.6 Å². The molecule has 2 amide bonds. The zero-order chi connectivity index (χ0) is 20.6. The molecule has 0 aliphatic carbocycles. The summed E-state index contributed by atoms with van der Waals surface area (Å²) in [7, 11) is 0. The van der Waals surface area contributed by atoms with E-state index in [-0.39, 0.29) is 18.7 Å². The number of carbonyl (C=O) groups excluding carboxylic acids is 2. The van der Waals surface area contributed by atoms with Crippen LogP contribution in [0, 0.1) is 12.3 Å². The van der Waals surface area contributed by atoms with Gasteiger partial charge in [0.1, 0.15) is 6.54 Å². The van der Waals surface area contributed by atoms with E-state index < -0.39 is 17.4 Å². The van der Waals surface area contributed by atoms with Crippen LogP contribution in [0.25, 0.3) is 11.3 Å². The van der Waals surface area contributed by atoms with Gasteiger partial charge in [0.25, 0.3) is 11.5 Å². The Bertz CT molecular complexity index is 1130. The molecule has 7 nitrogen and oxygen atoms in total. The molecule has 1 heterocycles. The standard InChI is InChI=1S/C22H18N4O3/c1-2-14-23-22(29)17-10-6-7-11-19(17)24-20(27)15-26-21(28)13-12-18(25-26)16-8-4-3-5-9-16/h1,3-13H,14-15H2,(H,23,29)(H,24,27). The van der Waals surface area contributed by atoms with E-state index in [2.05, 4.69) is 21.7 Å². The molecule has 0 fully saturated rings. The molecule has 1 aromatic heterocycles. The van der Waals surface area contributed by atoms with Crippen molar-refractivity contribution in [2.24, 2.45) is 0 Å². The van der Waals surface area contributed by atoms with Crippen LogP contribution in [0.1, 0.15) is 10.4 Å². The molecule has 0 unspecified atom stereocenters. The SMILES string of the molecule is C#CCNC(=O)c1ccccc1NC(=O)Cn1nc(-c2ccccc2)ccc1=O. The highest BCUT2D eigenvalue weighted by molar-refractivity contribution is 6.03. The Balaban J connectivity index is 1.78. The summed E-state index contributed by atoms with van der Waals surface area (Å²) in [6, 6.07) is 18.8. The summed E-state index contributed by atoms with van der Waals surface area (Å²) < 4.78 is 1.08. The van der Waals surface area contributed by atoms with Crippen molar-refractivity contribution in [1.29, 1.82) is 0 Å². The highest BCUT2D eigenvalue weighted by atomic mass is 16.2. The van der Waals surface area contributed by atoms with E-state index >= 15 is 0 Å². The van der Waals surface area contributed by atoms with E-state index in [0.717, 1.165) is 10.2 Å². The number of terminal acetylenes is 1. The molecule has 3 rings (SSSR count). The van der Waals surface area contributed by atoms with Crippen LogP contribution in [-0.2, 0) is 11.3 Å². The number of aromatic nitrogens is 2. The van der Waals surface area contributed by atoms with Crippen LogP contribution in [0.15, 0.2) is 71.5 Å². The number of anilines is 1. The predicted molar refractivity (Wildman–Crippen MR) is 110 cm³/mol. The van der Waals surface area contributed by atoms with Gasteiger partial charge in [0.2, 0.25) is 5.91 Å². The van der Waals surface area contributed by atoms with Gasteiger partial charge in [-0.2, -0.15) is 5.10 Å². The fraction of sp³-hybridized carbons (Fsp3) is 0.0909. The van der Waals surface area contributed by atoms with Crippen LogP contribution in [0.5, 0.6) is 0 Å². The third-order valence-corrected chi connectivity index (χ3v) is 4.03. The fourth-order valence-electron chi connectivity index (χ4n) is 2.67. The Morgan fingerprint density at radius 3 is 2.48 bits per heavy atom. The minimum atomic E-state index is -0.484. The zero-order valence-corrected chi connectivity index (χ0v) is 15.5. The Morgan fingerprint density at radius 2 is 1.72 bits per heavy atom. The molecular weight excluding hydrogens is 368 g/mol. The molecule has 29 heavy (non-hydrogen) atoms. The van der Waals surface area contributed by atoms with Gasteiger partial charge in [-0.3, -0.25) is 14.4 Å². The summed E-state index contributed by atoms with van der Waals surface area (Å²) in [5.41, 5.74) is 1.60. The first-order chi connectivity index (χ1) is 14.1. The summed E-state index contributed by atoms with van der Waals surface area (Å²) in [6.45, 7) is -0.216. The second-order valence-corrected chi connectivity index (χ2v) is 6.06. The number of carbonyl (C=O) groups is 2. The van der Waals surface area contributed by atoms with E-state index in [1.807, 2.05) is 30.3 Å². The monoisotopic (exact) mass is 386 g/mol. The molecule has 0 aliphatic rings. The Morgan fingerprint density at radius 1 is 1.00 bits per heavy atom. The molecular formula is C22H18N4O3. The van der Waals surface area contributed by atoms with E-state index in [1.54, 1.807) is 30.3 Å². The van der Waals surface area contributed by atoms with E-state index in [9.17, 15) is 14.4 Å². The van der Waals surface area contributed by atoms with Crippen LogP contribution in [0.4, 0.5) is 5.69 Å². The smallest absolute Gasteiger partial charge is 0.267 e. The van der Waals surface area contributed by atoms with Crippen molar-refractivity contribution in [3.05, 3.63) is 82.6 Å². The second-order valence-electron chi connectivity index (χ2n) is 6.06. The number of hydrogen-bond acceptors (Lipinski definition) is 4. The molecule has 0 atom stereocenters. The number of hydrogen-bond donors (Lipinski definition) is 2. The van der Waals surface area contributed by atoms with Crippen molar-refractivity contribution in [2.75, 3.05) is 11.9 Å². The third-order valence-electron chi connectivity index (χ3n) is 4.03. The maximum Gasteiger partial charge on any atom is 0.267 e. The van der Waals surface area contributed by atoms with Crippen molar-refractivity contribution in [1.82, 2.24) is 15.1 Å². The molecule has 0 aliphatic heterocycles. The van der Waals surface area contributed by atoms with Crippen molar-refractivity contribution >= 4 is 17.5 Å². The lowest BCUT2D eigenvalue weighted by Crippen LogP contribution is -2.30. The highest BCUT2D eigenvalue weighted by Gasteiger charge is 2.14. The highest BCUT2D eigenvalue weighted by Crippen LogP contribution is 2.16. The number of para-hydroxylation sites is 1. The molecule has 144 valence electrons. The summed E-state index contributed by atoms with van der Waals surface area (Å²) in [4.78, 5) is 36.8. The quantitative estimate of drug-likeness (QED) is 0.633. The number of benzene rings is 2. The predicted octanol–water partition coefficient (Wildman–Crippen LogP) is 1.91. The Hall–Kier alpha value is -4.18. The molecule has 2 N–H and O–H groups in total. The maximum atomic E-state index is 12.5. The van der Waals surface area contributed by atoms with Crippen LogP contribution in [0.2, 0.25) is 0 Å². The average molecular weight is 386 g/mol. The van der Waals surface area contributed by atoms with Gasteiger partial charge in [-0.05, 0) is 18.2 Å². The molecule has 2 aromatic carbocycles. The summed E-state index contributed by atoms with van der Waals surface area (Å²) >= 11 is 0. The summed E-state index contributed by atoms with van der Waals surface area (Å²) in [5.74, 6) is 1.43. The van der Waals surface area contributed by atoms with Crippen LogP contribution >= 0.6 is 0 Å². The topological polar surface area (TPSA) is 93.1 Å². The number of nitrogens with one attached hydrogen (secondary N) is 2. The molecule has 0 spiro atoms. The zero-order valence-electron chi connectivity index (χ0n) is 15.5. The minimum absolute atomic E-state index is 0.0761. The molecule has 0 saturated carbocycles. The molecule has 7 heteroatoms. The van der Waals surface area contributed by atoms with Crippen molar-refractivity contribution in [3.63, 3.8) is 0 Å². The minimum Gasteiger partial charge on any atom is -0.341 e. The first-order valence-corrected chi connectivity index (χ1v) is 8.82. The van der Waals surface area contributed by atoms with Gasteiger partial charge in [0.15, 0.2) is 0 Å². The maximum absolute atomic E-state index is 12.5. The lowest BCUT2D eigenvalue weighted by Gasteiger charge is -2.11. The van der Waals surface area contributed by atoms with Crippen molar-refractivity contribution in [3.8, 4) is 23.6 Å². The fourth-order valence-corrected chi connectivity index (χ4v) is 2.67. The Labute approximate surface area is 167 Å². The van der Waals surface area contributed by atoms with Crippen molar-refractivity contribution < 1.29 is 9.59 Å². The van der Waals surface area contributed by atoms with Gasteiger partial charge in [-0.25, -0.2) is 4.68 Å². The number of nitrogens with zero attached hydrogens (tertiary/aromatic N) is 2. The summed E-state index contributed by atoms with van der Waals surface area (Å²) in [5, 5.41) is 9.47. The third kappa shape index (κ3) is 4.96. The largest absolute Gasteiger partial charge is 0.341 e. The van der Waals surface area contributed by atoms with Gasteiger partial charge in [-0.15, -0.1) is 6.42 Å². The molecule has 0 bridgehead atoms. The Kier molecular flexibility index (Phi) is 6.18.